The van der Waals surface area contributed by atoms with Crippen LogP contribution in [0.25, 0.3) is 22.3 Å². The molecule has 0 bridgehead atoms. The molecule has 0 spiro atoms. The summed E-state index contributed by atoms with van der Waals surface area (Å²) in [6.45, 7) is 4.03. The Bertz CT molecular complexity index is 1290. The fraction of sp³-hybridized carbons (Fsp3) is 0.412. The molecule has 3 atom stereocenters. The lowest BCUT2D eigenvalue weighted by atomic mass is 10.4. The molecule has 0 saturated heterocycles. The second-order valence-electron chi connectivity index (χ2n) is 7.32. The van der Waals surface area contributed by atoms with Crippen LogP contribution in [-0.2, 0) is 26.9 Å². The van der Waals surface area contributed by atoms with E-state index in [1.165, 1.54) is 19.0 Å². The smallest absolute Gasteiger partial charge is 0.353 e. The van der Waals surface area contributed by atoms with Gasteiger partial charge >= 0.3 is 7.60 Å². The first-order chi connectivity index (χ1) is 15.2. The minimum atomic E-state index is -4.02. The van der Waals surface area contributed by atoms with Gasteiger partial charge in [0.25, 0.3) is 0 Å². The van der Waals surface area contributed by atoms with E-state index in [9.17, 15) is 9.46 Å². The zero-order valence-corrected chi connectivity index (χ0v) is 18.3. The molecule has 0 amide bonds. The first-order valence-electron chi connectivity index (χ1n) is 9.68. The van der Waals surface area contributed by atoms with Crippen LogP contribution in [0.4, 0.5) is 11.6 Å². The van der Waals surface area contributed by atoms with Gasteiger partial charge in [-0.2, -0.15) is 0 Å². The van der Waals surface area contributed by atoms with Crippen molar-refractivity contribution in [3.63, 3.8) is 0 Å². The fourth-order valence-corrected chi connectivity index (χ4v) is 4.37. The number of hydrogen-bond acceptors (Lipinski definition) is 11. The standard InChI is InChI=1S/C17H23N10O4P/c1-10(3-26-7-24-12-14(18)20-5-22-16(12)26)30-9-32(28,29)31-11(2)4-27-8-25-13-15(19)21-6-23-17(13)27/h5-8,10-11H,3-4,9H2,1-2H3,(H,28,29)(H2,18,20,22)(H2,19,21,23)/t10-,11-/m1/s1. The second kappa shape index (κ2) is 8.74. The first-order valence-corrected chi connectivity index (χ1v) is 11.4. The maximum absolute atomic E-state index is 12.5. The normalized spacial score (nSPS) is 15.7. The van der Waals surface area contributed by atoms with Crippen LogP contribution < -0.4 is 11.5 Å². The van der Waals surface area contributed by atoms with Gasteiger partial charge in [-0.15, -0.1) is 0 Å². The summed E-state index contributed by atoms with van der Waals surface area (Å²) < 4.78 is 26.9. The molecule has 1 unspecified atom stereocenters. The van der Waals surface area contributed by atoms with Crippen LogP contribution in [0.2, 0.25) is 0 Å². The minimum absolute atomic E-state index is 0.245. The van der Waals surface area contributed by atoms with E-state index in [0.717, 1.165) is 0 Å². The maximum atomic E-state index is 12.5. The van der Waals surface area contributed by atoms with Gasteiger partial charge in [0, 0.05) is 0 Å². The molecular formula is C17H23N10O4P. The van der Waals surface area contributed by atoms with Crippen LogP contribution in [0.15, 0.2) is 25.3 Å². The number of imidazole rings is 2. The average Bonchev–Trinajstić information content (AvgIpc) is 3.33. The second-order valence-corrected chi connectivity index (χ2v) is 9.06. The van der Waals surface area contributed by atoms with Crippen LogP contribution in [0.5, 0.6) is 0 Å². The highest BCUT2D eigenvalue weighted by Crippen LogP contribution is 2.43. The molecule has 14 nitrogen and oxygen atoms in total. The predicted molar refractivity (Wildman–Crippen MR) is 115 cm³/mol. The van der Waals surface area contributed by atoms with Gasteiger partial charge in [0.15, 0.2) is 22.9 Å². The van der Waals surface area contributed by atoms with Crippen molar-refractivity contribution < 1.29 is 18.7 Å². The number of fused-ring (bicyclic) bond motifs is 2. The van der Waals surface area contributed by atoms with Crippen molar-refractivity contribution >= 4 is 41.6 Å². The van der Waals surface area contributed by atoms with Gasteiger partial charge in [-0.05, 0) is 13.8 Å². The lowest BCUT2D eigenvalue weighted by Crippen LogP contribution is -2.20. The van der Waals surface area contributed by atoms with Crippen LogP contribution in [0.3, 0.4) is 0 Å². The van der Waals surface area contributed by atoms with Gasteiger partial charge in [0.1, 0.15) is 30.0 Å². The molecule has 4 aromatic rings. The quantitative estimate of drug-likeness (QED) is 0.296. The monoisotopic (exact) mass is 462 g/mol. The topological polar surface area (TPSA) is 195 Å². The number of aromatic nitrogens is 8. The number of nitrogens with zero attached hydrogens (tertiary/aromatic N) is 8. The summed E-state index contributed by atoms with van der Waals surface area (Å²) >= 11 is 0. The van der Waals surface area contributed by atoms with Gasteiger partial charge < -0.3 is 34.8 Å². The van der Waals surface area contributed by atoms with Gasteiger partial charge in [0.05, 0.1) is 38.0 Å². The highest BCUT2D eigenvalue weighted by molar-refractivity contribution is 7.52. The summed E-state index contributed by atoms with van der Waals surface area (Å²) in [5.41, 5.74) is 13.6. The van der Waals surface area contributed by atoms with Gasteiger partial charge in [-0.25, -0.2) is 29.9 Å². The SMILES string of the molecule is C[C@H](Cn1cnc2c(N)ncnc21)OCP(=O)(O)O[C@H](C)Cn1cnc2c(N)ncnc21. The van der Waals surface area contributed by atoms with Crippen LogP contribution in [0, 0.1) is 0 Å². The van der Waals surface area contributed by atoms with Crippen molar-refractivity contribution in [3.05, 3.63) is 25.3 Å². The van der Waals surface area contributed by atoms with Crippen molar-refractivity contribution in [2.24, 2.45) is 0 Å². The molecule has 0 aliphatic heterocycles. The van der Waals surface area contributed by atoms with Crippen LogP contribution in [0.1, 0.15) is 13.8 Å². The van der Waals surface area contributed by atoms with E-state index in [1.54, 1.807) is 29.3 Å². The van der Waals surface area contributed by atoms with Crippen molar-refractivity contribution in [2.45, 2.75) is 39.1 Å². The van der Waals surface area contributed by atoms with Gasteiger partial charge in [-0.1, -0.05) is 0 Å². The number of nitrogens with two attached hydrogens (primary N) is 2. The molecule has 170 valence electrons. The Labute approximate surface area is 182 Å². The van der Waals surface area contributed by atoms with E-state index in [2.05, 4.69) is 29.9 Å². The lowest BCUT2D eigenvalue weighted by molar-refractivity contribution is 0.0648. The summed E-state index contributed by atoms with van der Waals surface area (Å²) in [6, 6.07) is 0. The molecular weight excluding hydrogens is 439 g/mol. The van der Waals surface area contributed by atoms with Crippen LogP contribution >= 0.6 is 7.60 Å². The zero-order chi connectivity index (χ0) is 22.9. The average molecular weight is 462 g/mol. The van der Waals surface area contributed by atoms with E-state index in [4.69, 9.17) is 20.7 Å². The Morgan fingerprint density at radius 1 is 0.906 bits per heavy atom. The fourth-order valence-electron chi connectivity index (χ4n) is 3.24. The van der Waals surface area contributed by atoms with E-state index in [-0.39, 0.29) is 18.2 Å². The maximum Gasteiger partial charge on any atom is 0.353 e. The summed E-state index contributed by atoms with van der Waals surface area (Å²) in [5, 5.41) is 0. The Kier molecular flexibility index (Phi) is 6.02. The molecule has 0 fully saturated rings. The Morgan fingerprint density at radius 2 is 1.41 bits per heavy atom. The number of hydrogen-bond donors (Lipinski definition) is 3. The summed E-state index contributed by atoms with van der Waals surface area (Å²) in [5.74, 6) is 0.543. The molecule has 0 aromatic carbocycles. The molecule has 0 aliphatic carbocycles. The highest BCUT2D eigenvalue weighted by Gasteiger charge is 2.25. The van der Waals surface area contributed by atoms with Crippen molar-refractivity contribution in [2.75, 3.05) is 17.8 Å². The van der Waals surface area contributed by atoms with E-state index in [1.807, 2.05) is 0 Å². The molecule has 4 rings (SSSR count). The molecule has 4 aromatic heterocycles. The van der Waals surface area contributed by atoms with Gasteiger partial charge in [-0.3, -0.25) is 4.57 Å². The number of anilines is 2. The minimum Gasteiger partial charge on any atom is -0.382 e. The lowest BCUT2D eigenvalue weighted by Gasteiger charge is -2.20. The molecule has 0 saturated carbocycles. The summed E-state index contributed by atoms with van der Waals surface area (Å²) in [6.07, 6.45) is 4.28. The number of ether oxygens (including phenoxy) is 1. The van der Waals surface area contributed by atoms with Crippen molar-refractivity contribution in [1.29, 1.82) is 0 Å². The summed E-state index contributed by atoms with van der Waals surface area (Å²) in [4.78, 5) is 34.7. The van der Waals surface area contributed by atoms with E-state index < -0.39 is 26.2 Å². The Morgan fingerprint density at radius 3 is 1.94 bits per heavy atom. The third-order valence-electron chi connectivity index (χ3n) is 4.63. The molecule has 5 N–H and O–H groups in total. The van der Waals surface area contributed by atoms with E-state index >= 15 is 0 Å². The highest BCUT2D eigenvalue weighted by atomic mass is 31.2. The Hall–Kier alpha value is -3.19. The first kappa shape index (κ1) is 22.0. The van der Waals surface area contributed by atoms with Crippen molar-refractivity contribution in [1.82, 2.24) is 39.0 Å². The number of rotatable bonds is 9. The summed E-state index contributed by atoms with van der Waals surface area (Å²) in [7, 11) is -4.02. The third-order valence-corrected chi connectivity index (χ3v) is 5.80. The molecule has 0 radical (unpaired) electrons. The van der Waals surface area contributed by atoms with Crippen LogP contribution in [-0.4, -0.2) is 62.5 Å². The molecule has 0 aliphatic rings. The number of nitrogen functional groups attached to an aromatic ring is 2. The predicted octanol–water partition coefficient (Wildman–Crippen LogP) is 0.784. The Balaban J connectivity index is 1.32. The zero-order valence-electron chi connectivity index (χ0n) is 17.4. The van der Waals surface area contributed by atoms with Crippen molar-refractivity contribution in [3.8, 4) is 0 Å². The largest absolute Gasteiger partial charge is 0.382 e. The molecule has 15 heteroatoms. The van der Waals surface area contributed by atoms with E-state index in [0.29, 0.717) is 28.9 Å². The van der Waals surface area contributed by atoms with Gasteiger partial charge in [0.2, 0.25) is 0 Å². The molecule has 32 heavy (non-hydrogen) atoms. The third kappa shape index (κ3) is 4.67. The molecule has 4 heterocycles.